The monoisotopic (exact) mass is 282 g/mol. The van der Waals surface area contributed by atoms with E-state index < -0.39 is 5.97 Å². The minimum absolute atomic E-state index is 0.0419. The predicted molar refractivity (Wildman–Crippen MR) is 68.1 cm³/mol. The van der Waals surface area contributed by atoms with E-state index in [1.165, 1.54) is 7.11 Å². The third kappa shape index (κ3) is 3.32. The summed E-state index contributed by atoms with van der Waals surface area (Å²) in [6.07, 6.45) is 1.30. The van der Waals surface area contributed by atoms with Crippen molar-refractivity contribution in [3.05, 3.63) is 11.4 Å². The van der Waals surface area contributed by atoms with Crippen molar-refractivity contribution in [3.63, 3.8) is 0 Å². The SMILES string of the molecule is COCCOC(=O)c1nnn(CC2CCC(=O)N2)c1C. The average molecular weight is 282 g/mol. The molecule has 1 aromatic rings. The highest BCUT2D eigenvalue weighted by molar-refractivity contribution is 5.88. The first-order valence-electron chi connectivity index (χ1n) is 6.47. The predicted octanol–water partition coefficient (Wildman–Crippen LogP) is -0.332. The molecule has 0 aliphatic carbocycles. The highest BCUT2D eigenvalue weighted by Gasteiger charge is 2.24. The topological polar surface area (TPSA) is 95.3 Å². The molecule has 0 saturated carbocycles. The van der Waals surface area contributed by atoms with E-state index in [4.69, 9.17) is 9.47 Å². The lowest BCUT2D eigenvalue weighted by Gasteiger charge is -2.10. The van der Waals surface area contributed by atoms with Crippen LogP contribution in [-0.4, -0.2) is 53.2 Å². The number of nitrogens with one attached hydrogen (secondary N) is 1. The fourth-order valence-electron chi connectivity index (χ4n) is 2.03. The molecule has 0 spiro atoms. The number of ether oxygens (including phenoxy) is 2. The zero-order chi connectivity index (χ0) is 14.5. The number of hydrogen-bond donors (Lipinski definition) is 1. The van der Waals surface area contributed by atoms with E-state index >= 15 is 0 Å². The van der Waals surface area contributed by atoms with E-state index in [-0.39, 0.29) is 24.2 Å². The van der Waals surface area contributed by atoms with Gasteiger partial charge in [-0.25, -0.2) is 9.48 Å². The molecule has 110 valence electrons. The summed E-state index contributed by atoms with van der Waals surface area (Å²) in [6.45, 7) is 2.78. The van der Waals surface area contributed by atoms with E-state index in [1.807, 2.05) is 0 Å². The van der Waals surface area contributed by atoms with Crippen LogP contribution in [0.5, 0.6) is 0 Å². The van der Waals surface area contributed by atoms with Gasteiger partial charge in [-0.15, -0.1) is 5.10 Å². The van der Waals surface area contributed by atoms with Crippen molar-refractivity contribution < 1.29 is 19.1 Å². The van der Waals surface area contributed by atoms with Crippen LogP contribution in [0.1, 0.15) is 29.0 Å². The number of rotatable bonds is 6. The Bertz CT molecular complexity index is 500. The highest BCUT2D eigenvalue weighted by Crippen LogP contribution is 2.11. The number of carbonyl (C=O) groups excluding carboxylic acids is 2. The number of aromatic nitrogens is 3. The zero-order valence-electron chi connectivity index (χ0n) is 11.6. The molecular weight excluding hydrogens is 264 g/mol. The number of esters is 1. The van der Waals surface area contributed by atoms with Gasteiger partial charge in [-0.2, -0.15) is 0 Å². The van der Waals surface area contributed by atoms with Crippen LogP contribution in [-0.2, 0) is 20.8 Å². The molecule has 1 fully saturated rings. The van der Waals surface area contributed by atoms with Gasteiger partial charge in [0.2, 0.25) is 5.91 Å². The van der Waals surface area contributed by atoms with Gasteiger partial charge in [0.1, 0.15) is 6.61 Å². The molecule has 1 aliphatic heterocycles. The van der Waals surface area contributed by atoms with Gasteiger partial charge in [-0.1, -0.05) is 5.21 Å². The maximum Gasteiger partial charge on any atom is 0.360 e. The molecule has 1 atom stereocenters. The summed E-state index contributed by atoms with van der Waals surface area (Å²) in [6, 6.07) is 0.0419. The summed E-state index contributed by atoms with van der Waals surface area (Å²) in [4.78, 5) is 22.9. The Balaban J connectivity index is 1.96. The van der Waals surface area contributed by atoms with Gasteiger partial charge < -0.3 is 14.8 Å². The van der Waals surface area contributed by atoms with Gasteiger partial charge in [-0.05, 0) is 13.3 Å². The molecular formula is C12H18N4O4. The van der Waals surface area contributed by atoms with E-state index in [9.17, 15) is 9.59 Å². The molecule has 1 saturated heterocycles. The van der Waals surface area contributed by atoms with Gasteiger partial charge >= 0.3 is 5.97 Å². The minimum Gasteiger partial charge on any atom is -0.458 e. The van der Waals surface area contributed by atoms with Crippen LogP contribution in [0, 0.1) is 6.92 Å². The molecule has 2 heterocycles. The smallest absolute Gasteiger partial charge is 0.360 e. The lowest BCUT2D eigenvalue weighted by Crippen LogP contribution is -2.30. The number of hydrogen-bond acceptors (Lipinski definition) is 6. The second-order valence-corrected chi connectivity index (χ2v) is 4.64. The molecule has 0 radical (unpaired) electrons. The van der Waals surface area contributed by atoms with Gasteiger partial charge in [-0.3, -0.25) is 4.79 Å². The fourth-order valence-corrected chi connectivity index (χ4v) is 2.03. The number of carbonyl (C=O) groups is 2. The second kappa shape index (κ2) is 6.47. The molecule has 1 aliphatic rings. The summed E-state index contributed by atoms with van der Waals surface area (Å²) in [5, 5.41) is 10.6. The Morgan fingerprint density at radius 1 is 1.50 bits per heavy atom. The third-order valence-corrected chi connectivity index (χ3v) is 3.17. The Labute approximate surface area is 116 Å². The van der Waals surface area contributed by atoms with Crippen LogP contribution in [0.3, 0.4) is 0 Å². The maximum atomic E-state index is 11.8. The Kier molecular flexibility index (Phi) is 4.67. The number of nitrogens with zero attached hydrogens (tertiary/aromatic N) is 3. The van der Waals surface area contributed by atoms with Crippen LogP contribution in [0.2, 0.25) is 0 Å². The van der Waals surface area contributed by atoms with Crippen molar-refractivity contribution in [2.24, 2.45) is 0 Å². The van der Waals surface area contributed by atoms with Crippen molar-refractivity contribution in [1.82, 2.24) is 20.3 Å². The quantitative estimate of drug-likeness (QED) is 0.567. The number of methoxy groups -OCH3 is 1. The van der Waals surface area contributed by atoms with Gasteiger partial charge in [0, 0.05) is 19.6 Å². The molecule has 1 unspecified atom stereocenters. The fraction of sp³-hybridized carbons (Fsp3) is 0.667. The van der Waals surface area contributed by atoms with E-state index in [1.54, 1.807) is 11.6 Å². The molecule has 1 amide bonds. The molecule has 0 bridgehead atoms. The number of amides is 1. The molecule has 8 nitrogen and oxygen atoms in total. The summed E-state index contributed by atoms with van der Waals surface area (Å²) < 4.78 is 11.4. The Morgan fingerprint density at radius 2 is 2.30 bits per heavy atom. The van der Waals surface area contributed by atoms with E-state index in [2.05, 4.69) is 15.6 Å². The Hall–Kier alpha value is -1.96. The summed E-state index contributed by atoms with van der Waals surface area (Å²) in [5.41, 5.74) is 0.832. The third-order valence-electron chi connectivity index (χ3n) is 3.17. The van der Waals surface area contributed by atoms with Gasteiger partial charge in [0.15, 0.2) is 5.69 Å². The van der Waals surface area contributed by atoms with Crippen LogP contribution in [0.4, 0.5) is 0 Å². The molecule has 0 aromatic carbocycles. The summed E-state index contributed by atoms with van der Waals surface area (Å²) in [7, 11) is 1.53. The first-order chi connectivity index (χ1) is 9.61. The highest BCUT2D eigenvalue weighted by atomic mass is 16.6. The lowest BCUT2D eigenvalue weighted by atomic mass is 10.2. The standard InChI is InChI=1S/C12H18N4O4/c1-8-11(12(18)20-6-5-19-2)14-15-16(8)7-9-3-4-10(17)13-9/h9H,3-7H2,1-2H3,(H,13,17). The summed E-state index contributed by atoms with van der Waals surface area (Å²) >= 11 is 0. The van der Waals surface area contributed by atoms with Crippen molar-refractivity contribution in [2.75, 3.05) is 20.3 Å². The van der Waals surface area contributed by atoms with E-state index in [0.717, 1.165) is 6.42 Å². The second-order valence-electron chi connectivity index (χ2n) is 4.64. The average Bonchev–Trinajstić information content (AvgIpc) is 2.98. The van der Waals surface area contributed by atoms with Crippen molar-refractivity contribution in [2.45, 2.75) is 32.4 Å². The first kappa shape index (κ1) is 14.4. The normalized spacial score (nSPS) is 18.1. The molecule has 2 rings (SSSR count). The Morgan fingerprint density at radius 3 is 2.95 bits per heavy atom. The van der Waals surface area contributed by atoms with Crippen molar-refractivity contribution >= 4 is 11.9 Å². The molecule has 8 heteroatoms. The van der Waals surface area contributed by atoms with Crippen molar-refractivity contribution in [3.8, 4) is 0 Å². The van der Waals surface area contributed by atoms with Crippen LogP contribution in [0.25, 0.3) is 0 Å². The zero-order valence-corrected chi connectivity index (χ0v) is 11.6. The van der Waals surface area contributed by atoms with E-state index in [0.29, 0.717) is 25.3 Å². The minimum atomic E-state index is -0.513. The lowest BCUT2D eigenvalue weighted by molar-refractivity contribution is -0.119. The van der Waals surface area contributed by atoms with Crippen LogP contribution < -0.4 is 5.32 Å². The molecule has 20 heavy (non-hydrogen) atoms. The summed E-state index contributed by atoms with van der Waals surface area (Å²) in [5.74, 6) is -0.465. The largest absolute Gasteiger partial charge is 0.458 e. The van der Waals surface area contributed by atoms with Crippen molar-refractivity contribution in [1.29, 1.82) is 0 Å². The maximum absolute atomic E-state index is 11.8. The van der Waals surface area contributed by atoms with Crippen LogP contribution in [0.15, 0.2) is 0 Å². The van der Waals surface area contributed by atoms with Gasteiger partial charge in [0.25, 0.3) is 0 Å². The molecule has 1 N–H and O–H groups in total. The first-order valence-corrected chi connectivity index (χ1v) is 6.47. The van der Waals surface area contributed by atoms with Crippen LogP contribution >= 0.6 is 0 Å². The van der Waals surface area contributed by atoms with Gasteiger partial charge in [0.05, 0.1) is 18.8 Å². The molecule has 1 aromatic heterocycles.